The van der Waals surface area contributed by atoms with Gasteiger partial charge >= 0.3 is 0 Å². The number of ether oxygens (including phenoxy) is 2. The van der Waals surface area contributed by atoms with Gasteiger partial charge in [-0.25, -0.2) is 0 Å². The van der Waals surface area contributed by atoms with Gasteiger partial charge < -0.3 is 15.2 Å². The SMILES string of the molecule is CCCOc1c(Cl)cc(CC(CN)c2ccccn2)cc1OC. The van der Waals surface area contributed by atoms with Crippen LogP contribution in [0.2, 0.25) is 5.02 Å². The molecule has 2 N–H and O–H groups in total. The standard InChI is InChI=1S/C18H23ClN2O2/c1-3-8-23-18-15(19)10-13(11-17(18)22-2)9-14(12-20)16-6-4-5-7-21-16/h4-7,10-11,14H,3,8-9,12,20H2,1-2H3. The number of halogens is 1. The normalized spacial score (nSPS) is 12.0. The van der Waals surface area contributed by atoms with Crippen LogP contribution in [0.4, 0.5) is 0 Å². The number of benzene rings is 1. The summed E-state index contributed by atoms with van der Waals surface area (Å²) in [6.45, 7) is 3.17. The van der Waals surface area contributed by atoms with Gasteiger partial charge in [0.25, 0.3) is 0 Å². The van der Waals surface area contributed by atoms with Crippen LogP contribution in [0.25, 0.3) is 0 Å². The van der Waals surface area contributed by atoms with Crippen molar-refractivity contribution in [3.8, 4) is 11.5 Å². The number of pyridine rings is 1. The van der Waals surface area contributed by atoms with Crippen molar-refractivity contribution in [3.05, 3.63) is 52.8 Å². The van der Waals surface area contributed by atoms with Gasteiger partial charge in [0.15, 0.2) is 11.5 Å². The van der Waals surface area contributed by atoms with Crippen molar-refractivity contribution in [2.24, 2.45) is 5.73 Å². The predicted octanol–water partition coefficient (Wildman–Crippen LogP) is 3.82. The van der Waals surface area contributed by atoms with Gasteiger partial charge in [-0.15, -0.1) is 0 Å². The van der Waals surface area contributed by atoms with Crippen LogP contribution in [0, 0.1) is 0 Å². The van der Waals surface area contributed by atoms with Crippen LogP contribution in [0.3, 0.4) is 0 Å². The Hall–Kier alpha value is -1.78. The molecule has 124 valence electrons. The van der Waals surface area contributed by atoms with Gasteiger partial charge in [0, 0.05) is 24.4 Å². The molecule has 0 spiro atoms. The van der Waals surface area contributed by atoms with Gasteiger partial charge in [-0.05, 0) is 42.7 Å². The third-order valence-electron chi connectivity index (χ3n) is 3.61. The number of nitrogens with zero attached hydrogens (tertiary/aromatic N) is 1. The zero-order chi connectivity index (χ0) is 16.7. The van der Waals surface area contributed by atoms with E-state index in [4.69, 9.17) is 26.8 Å². The minimum Gasteiger partial charge on any atom is -0.493 e. The number of hydrogen-bond acceptors (Lipinski definition) is 4. The lowest BCUT2D eigenvalue weighted by atomic mass is 9.95. The number of rotatable bonds is 8. The highest BCUT2D eigenvalue weighted by Crippen LogP contribution is 2.37. The highest BCUT2D eigenvalue weighted by atomic mass is 35.5. The van der Waals surface area contributed by atoms with Crippen molar-refractivity contribution < 1.29 is 9.47 Å². The molecule has 23 heavy (non-hydrogen) atoms. The van der Waals surface area contributed by atoms with E-state index in [0.717, 1.165) is 24.1 Å². The number of hydrogen-bond donors (Lipinski definition) is 1. The Kier molecular flexibility index (Phi) is 6.68. The zero-order valence-electron chi connectivity index (χ0n) is 13.6. The second-order valence-electron chi connectivity index (χ2n) is 5.35. The summed E-state index contributed by atoms with van der Waals surface area (Å²) in [5.74, 6) is 1.39. The van der Waals surface area contributed by atoms with Gasteiger partial charge in [-0.1, -0.05) is 24.6 Å². The van der Waals surface area contributed by atoms with Crippen LogP contribution < -0.4 is 15.2 Å². The van der Waals surface area contributed by atoms with E-state index in [1.54, 1.807) is 13.3 Å². The highest BCUT2D eigenvalue weighted by Gasteiger charge is 2.16. The first-order chi connectivity index (χ1) is 11.2. The maximum atomic E-state index is 6.37. The first-order valence-electron chi connectivity index (χ1n) is 7.79. The van der Waals surface area contributed by atoms with Gasteiger partial charge in [0.05, 0.1) is 18.7 Å². The van der Waals surface area contributed by atoms with E-state index >= 15 is 0 Å². The lowest BCUT2D eigenvalue weighted by Crippen LogP contribution is -2.16. The van der Waals surface area contributed by atoms with E-state index in [0.29, 0.717) is 29.7 Å². The Bertz CT molecular complexity index is 620. The Morgan fingerprint density at radius 3 is 2.74 bits per heavy atom. The van der Waals surface area contributed by atoms with Gasteiger partial charge in [-0.3, -0.25) is 4.98 Å². The van der Waals surface area contributed by atoms with Crippen LogP contribution in [-0.2, 0) is 6.42 Å². The first-order valence-corrected chi connectivity index (χ1v) is 8.17. The molecule has 0 radical (unpaired) electrons. The average Bonchev–Trinajstić information content (AvgIpc) is 2.59. The zero-order valence-corrected chi connectivity index (χ0v) is 14.3. The van der Waals surface area contributed by atoms with Crippen molar-refractivity contribution >= 4 is 11.6 Å². The lowest BCUT2D eigenvalue weighted by Gasteiger charge is -2.17. The van der Waals surface area contributed by atoms with E-state index in [-0.39, 0.29) is 5.92 Å². The molecule has 1 unspecified atom stereocenters. The van der Waals surface area contributed by atoms with Gasteiger partial charge in [0.2, 0.25) is 0 Å². The van der Waals surface area contributed by atoms with E-state index < -0.39 is 0 Å². The van der Waals surface area contributed by atoms with E-state index in [1.165, 1.54) is 0 Å². The Labute approximate surface area is 142 Å². The molecule has 0 saturated carbocycles. The van der Waals surface area contributed by atoms with Crippen molar-refractivity contribution in [1.29, 1.82) is 0 Å². The monoisotopic (exact) mass is 334 g/mol. The summed E-state index contributed by atoms with van der Waals surface area (Å²) in [5.41, 5.74) is 7.96. The molecule has 0 bridgehead atoms. The smallest absolute Gasteiger partial charge is 0.179 e. The molecule has 0 aliphatic carbocycles. The molecule has 0 amide bonds. The van der Waals surface area contributed by atoms with Gasteiger partial charge in [0.1, 0.15) is 0 Å². The maximum Gasteiger partial charge on any atom is 0.179 e. The second kappa shape index (κ2) is 8.75. The van der Waals surface area contributed by atoms with Crippen LogP contribution in [-0.4, -0.2) is 25.2 Å². The third kappa shape index (κ3) is 4.60. The summed E-state index contributed by atoms with van der Waals surface area (Å²) in [7, 11) is 1.62. The average molecular weight is 335 g/mol. The van der Waals surface area contributed by atoms with Crippen molar-refractivity contribution in [2.45, 2.75) is 25.7 Å². The van der Waals surface area contributed by atoms with E-state index in [1.807, 2.05) is 37.3 Å². The fourth-order valence-corrected chi connectivity index (χ4v) is 2.73. The van der Waals surface area contributed by atoms with Crippen LogP contribution >= 0.6 is 11.6 Å². The predicted molar refractivity (Wildman–Crippen MR) is 93.5 cm³/mol. The van der Waals surface area contributed by atoms with Gasteiger partial charge in [-0.2, -0.15) is 0 Å². The number of methoxy groups -OCH3 is 1. The highest BCUT2D eigenvalue weighted by molar-refractivity contribution is 6.32. The van der Waals surface area contributed by atoms with Crippen LogP contribution in [0.5, 0.6) is 11.5 Å². The molecule has 1 heterocycles. The molecule has 1 aromatic heterocycles. The van der Waals surface area contributed by atoms with Crippen molar-refractivity contribution in [3.63, 3.8) is 0 Å². The summed E-state index contributed by atoms with van der Waals surface area (Å²) >= 11 is 6.37. The Morgan fingerprint density at radius 2 is 2.13 bits per heavy atom. The number of aromatic nitrogens is 1. The minimum absolute atomic E-state index is 0.138. The summed E-state index contributed by atoms with van der Waals surface area (Å²) in [4.78, 5) is 4.40. The Balaban J connectivity index is 2.24. The van der Waals surface area contributed by atoms with Crippen molar-refractivity contribution in [1.82, 2.24) is 4.98 Å². The molecule has 0 saturated heterocycles. The maximum absolute atomic E-state index is 6.37. The molecule has 0 aliphatic rings. The Morgan fingerprint density at radius 1 is 1.30 bits per heavy atom. The molecule has 2 rings (SSSR count). The lowest BCUT2D eigenvalue weighted by molar-refractivity contribution is 0.294. The molecular weight excluding hydrogens is 312 g/mol. The molecule has 5 heteroatoms. The molecule has 2 aromatic rings. The summed E-state index contributed by atoms with van der Waals surface area (Å²) in [6, 6.07) is 9.75. The summed E-state index contributed by atoms with van der Waals surface area (Å²) < 4.78 is 11.1. The topological polar surface area (TPSA) is 57.4 Å². The molecule has 1 atom stereocenters. The van der Waals surface area contributed by atoms with Crippen LogP contribution in [0.1, 0.15) is 30.5 Å². The van der Waals surface area contributed by atoms with E-state index in [2.05, 4.69) is 4.98 Å². The largest absolute Gasteiger partial charge is 0.493 e. The number of nitrogens with two attached hydrogens (primary N) is 1. The molecule has 0 fully saturated rings. The summed E-state index contributed by atoms with van der Waals surface area (Å²) in [5, 5.41) is 0.560. The van der Waals surface area contributed by atoms with E-state index in [9.17, 15) is 0 Å². The quantitative estimate of drug-likeness (QED) is 0.797. The summed E-state index contributed by atoms with van der Waals surface area (Å²) in [6.07, 6.45) is 3.45. The molecule has 0 aliphatic heterocycles. The molecule has 1 aromatic carbocycles. The molecule has 4 nitrogen and oxygen atoms in total. The van der Waals surface area contributed by atoms with Crippen LogP contribution in [0.15, 0.2) is 36.5 Å². The molecular formula is C18H23ClN2O2. The fraction of sp³-hybridized carbons (Fsp3) is 0.389. The minimum atomic E-state index is 0.138. The first kappa shape index (κ1) is 17.6. The third-order valence-corrected chi connectivity index (χ3v) is 3.89. The van der Waals surface area contributed by atoms with Crippen molar-refractivity contribution in [2.75, 3.05) is 20.3 Å². The fourth-order valence-electron chi connectivity index (χ4n) is 2.45. The second-order valence-corrected chi connectivity index (χ2v) is 5.76.